The Bertz CT molecular complexity index is 1110. The first-order chi connectivity index (χ1) is 17.0. The Labute approximate surface area is 204 Å². The van der Waals surface area contributed by atoms with Gasteiger partial charge in [0.25, 0.3) is 5.89 Å². The number of nitrogens with zero attached hydrogens (tertiary/aromatic N) is 2. The lowest BCUT2D eigenvalue weighted by molar-refractivity contribution is -0.145. The molecular formula is C26H30N2O7. The second-order valence-corrected chi connectivity index (χ2v) is 7.74. The SMILES string of the molecule is CCCCCOc1ccc(C(=O)CCC(=O)OCc2nc(-c3ccc(OC)cc3OC)no2)cc1. The van der Waals surface area contributed by atoms with Crippen LogP contribution in [0.2, 0.25) is 0 Å². The molecule has 3 rings (SSSR count). The van der Waals surface area contributed by atoms with Gasteiger partial charge in [-0.2, -0.15) is 4.98 Å². The quantitative estimate of drug-likeness (QED) is 0.177. The van der Waals surface area contributed by atoms with Crippen molar-refractivity contribution in [1.82, 2.24) is 10.1 Å². The van der Waals surface area contributed by atoms with Gasteiger partial charge in [-0.1, -0.05) is 24.9 Å². The lowest BCUT2D eigenvalue weighted by atomic mass is 10.1. The summed E-state index contributed by atoms with van der Waals surface area (Å²) in [7, 11) is 3.09. The summed E-state index contributed by atoms with van der Waals surface area (Å²) in [5.41, 5.74) is 1.13. The summed E-state index contributed by atoms with van der Waals surface area (Å²) in [6, 6.07) is 12.1. The standard InChI is InChI=1S/C26H30N2O7/c1-4-5-6-15-33-19-9-7-18(8-10-19)22(29)13-14-25(30)34-17-24-27-26(28-35-24)21-12-11-20(31-2)16-23(21)32-3/h7-12,16H,4-6,13-15,17H2,1-3H3. The zero-order chi connectivity index (χ0) is 25.0. The molecule has 2 aromatic carbocycles. The summed E-state index contributed by atoms with van der Waals surface area (Å²) in [5.74, 6) is 1.62. The van der Waals surface area contributed by atoms with Gasteiger partial charge in [0.05, 0.1) is 32.8 Å². The number of ether oxygens (including phenoxy) is 4. The fraction of sp³-hybridized carbons (Fsp3) is 0.385. The average molecular weight is 483 g/mol. The molecule has 0 aliphatic carbocycles. The van der Waals surface area contributed by atoms with Crippen LogP contribution >= 0.6 is 0 Å². The number of hydrogen-bond acceptors (Lipinski definition) is 9. The summed E-state index contributed by atoms with van der Waals surface area (Å²) in [5, 5.41) is 3.91. The maximum absolute atomic E-state index is 12.4. The van der Waals surface area contributed by atoms with Gasteiger partial charge in [-0.05, 0) is 42.8 Å². The van der Waals surface area contributed by atoms with Gasteiger partial charge in [0.2, 0.25) is 5.82 Å². The average Bonchev–Trinajstić information content (AvgIpc) is 3.37. The molecular weight excluding hydrogens is 452 g/mol. The Morgan fingerprint density at radius 3 is 2.43 bits per heavy atom. The molecule has 3 aromatic rings. The largest absolute Gasteiger partial charge is 0.497 e. The Morgan fingerprint density at radius 1 is 0.943 bits per heavy atom. The van der Waals surface area contributed by atoms with E-state index in [9.17, 15) is 9.59 Å². The highest BCUT2D eigenvalue weighted by atomic mass is 16.6. The number of hydrogen-bond donors (Lipinski definition) is 0. The molecule has 0 amide bonds. The smallest absolute Gasteiger partial charge is 0.306 e. The van der Waals surface area contributed by atoms with Crippen molar-refractivity contribution in [3.63, 3.8) is 0 Å². The van der Waals surface area contributed by atoms with Gasteiger partial charge in [0, 0.05) is 18.1 Å². The van der Waals surface area contributed by atoms with Crippen LogP contribution in [-0.2, 0) is 16.1 Å². The van der Waals surface area contributed by atoms with E-state index >= 15 is 0 Å². The molecule has 0 fully saturated rings. The Morgan fingerprint density at radius 2 is 1.71 bits per heavy atom. The van der Waals surface area contributed by atoms with E-state index in [1.54, 1.807) is 49.6 Å². The van der Waals surface area contributed by atoms with Crippen LogP contribution in [0.25, 0.3) is 11.4 Å². The van der Waals surface area contributed by atoms with E-state index < -0.39 is 5.97 Å². The molecule has 9 nitrogen and oxygen atoms in total. The van der Waals surface area contributed by atoms with Crippen LogP contribution in [0.1, 0.15) is 55.3 Å². The van der Waals surface area contributed by atoms with E-state index in [2.05, 4.69) is 17.1 Å². The molecule has 0 radical (unpaired) electrons. The van der Waals surface area contributed by atoms with Crippen LogP contribution in [0.3, 0.4) is 0 Å². The molecule has 0 atom stereocenters. The lowest BCUT2D eigenvalue weighted by Crippen LogP contribution is -2.08. The van der Waals surface area contributed by atoms with Gasteiger partial charge in [0.1, 0.15) is 17.2 Å². The van der Waals surface area contributed by atoms with Gasteiger partial charge in [-0.25, -0.2) is 0 Å². The second kappa shape index (κ2) is 13.1. The van der Waals surface area contributed by atoms with Crippen molar-refractivity contribution in [2.45, 2.75) is 45.6 Å². The zero-order valence-corrected chi connectivity index (χ0v) is 20.2. The van der Waals surface area contributed by atoms with Crippen molar-refractivity contribution in [3.8, 4) is 28.6 Å². The van der Waals surface area contributed by atoms with E-state index in [1.807, 2.05) is 0 Å². The maximum Gasteiger partial charge on any atom is 0.306 e. The van der Waals surface area contributed by atoms with E-state index in [4.69, 9.17) is 23.5 Å². The van der Waals surface area contributed by atoms with Crippen molar-refractivity contribution in [3.05, 3.63) is 53.9 Å². The molecule has 0 bridgehead atoms. The van der Waals surface area contributed by atoms with Crippen molar-refractivity contribution >= 4 is 11.8 Å². The van der Waals surface area contributed by atoms with E-state index in [0.717, 1.165) is 25.0 Å². The first-order valence-electron chi connectivity index (χ1n) is 11.5. The molecule has 186 valence electrons. The van der Waals surface area contributed by atoms with Crippen LogP contribution in [0, 0.1) is 0 Å². The van der Waals surface area contributed by atoms with E-state index in [-0.39, 0.29) is 31.1 Å². The molecule has 35 heavy (non-hydrogen) atoms. The molecule has 1 heterocycles. The summed E-state index contributed by atoms with van der Waals surface area (Å²) < 4.78 is 26.5. The number of benzene rings is 2. The molecule has 0 unspecified atom stereocenters. The Kier molecular flexibility index (Phi) is 9.65. The van der Waals surface area contributed by atoms with Gasteiger partial charge in [-0.15, -0.1) is 0 Å². The number of esters is 1. The third-order valence-electron chi connectivity index (χ3n) is 5.22. The summed E-state index contributed by atoms with van der Waals surface area (Å²) >= 11 is 0. The third-order valence-corrected chi connectivity index (χ3v) is 5.22. The Hall–Kier alpha value is -3.88. The van der Waals surface area contributed by atoms with Crippen molar-refractivity contribution in [2.24, 2.45) is 0 Å². The highest BCUT2D eigenvalue weighted by Gasteiger charge is 2.16. The van der Waals surface area contributed by atoms with E-state index in [1.165, 1.54) is 7.11 Å². The topological polar surface area (TPSA) is 110 Å². The number of carbonyl (C=O) groups is 2. The Balaban J connectivity index is 1.45. The number of aromatic nitrogens is 2. The third kappa shape index (κ3) is 7.56. The van der Waals surface area contributed by atoms with Gasteiger partial charge >= 0.3 is 5.97 Å². The van der Waals surface area contributed by atoms with Crippen LogP contribution < -0.4 is 14.2 Å². The van der Waals surface area contributed by atoms with Crippen LogP contribution in [-0.4, -0.2) is 42.7 Å². The minimum atomic E-state index is -0.531. The molecule has 0 saturated carbocycles. The summed E-state index contributed by atoms with van der Waals surface area (Å²) in [6.07, 6.45) is 3.24. The maximum atomic E-state index is 12.4. The van der Waals surface area contributed by atoms with Gasteiger partial charge < -0.3 is 23.5 Å². The van der Waals surface area contributed by atoms with Crippen molar-refractivity contribution in [1.29, 1.82) is 0 Å². The fourth-order valence-electron chi connectivity index (χ4n) is 3.26. The predicted octanol–water partition coefficient (Wildman–Crippen LogP) is 5.03. The molecule has 1 aromatic heterocycles. The highest BCUT2D eigenvalue weighted by molar-refractivity contribution is 5.97. The molecule has 0 aliphatic rings. The highest BCUT2D eigenvalue weighted by Crippen LogP contribution is 2.31. The van der Waals surface area contributed by atoms with Crippen molar-refractivity contribution in [2.75, 3.05) is 20.8 Å². The second-order valence-electron chi connectivity index (χ2n) is 7.74. The number of rotatable bonds is 14. The van der Waals surface area contributed by atoms with Crippen LogP contribution in [0.5, 0.6) is 17.2 Å². The van der Waals surface area contributed by atoms with Gasteiger partial charge in [0.15, 0.2) is 12.4 Å². The van der Waals surface area contributed by atoms with Crippen LogP contribution in [0.4, 0.5) is 0 Å². The normalized spacial score (nSPS) is 10.6. The van der Waals surface area contributed by atoms with Gasteiger partial charge in [-0.3, -0.25) is 9.59 Å². The zero-order valence-electron chi connectivity index (χ0n) is 20.2. The molecule has 0 aliphatic heterocycles. The number of ketones is 1. The number of Topliss-reactive ketones (excluding diaryl/α,β-unsaturated/α-hetero) is 1. The first-order valence-corrected chi connectivity index (χ1v) is 11.5. The van der Waals surface area contributed by atoms with E-state index in [0.29, 0.717) is 35.1 Å². The summed E-state index contributed by atoms with van der Waals surface area (Å²) in [4.78, 5) is 28.7. The fourth-order valence-corrected chi connectivity index (χ4v) is 3.26. The molecule has 9 heteroatoms. The predicted molar refractivity (Wildman–Crippen MR) is 128 cm³/mol. The monoisotopic (exact) mass is 482 g/mol. The summed E-state index contributed by atoms with van der Waals surface area (Å²) in [6.45, 7) is 2.60. The number of methoxy groups -OCH3 is 2. The molecule has 0 spiro atoms. The number of carbonyl (C=O) groups excluding carboxylic acids is 2. The van der Waals surface area contributed by atoms with Crippen molar-refractivity contribution < 1.29 is 33.1 Å². The first kappa shape index (κ1) is 25.7. The molecule has 0 N–H and O–H groups in total. The number of unbranched alkanes of at least 4 members (excludes halogenated alkanes) is 2. The molecule has 0 saturated heterocycles. The minimum absolute atomic E-state index is 0.0354. The van der Waals surface area contributed by atoms with Crippen LogP contribution in [0.15, 0.2) is 47.0 Å². The minimum Gasteiger partial charge on any atom is -0.497 e. The lowest BCUT2D eigenvalue weighted by Gasteiger charge is -2.07.